The first-order chi connectivity index (χ1) is 12.5. The van der Waals surface area contributed by atoms with Crippen LogP contribution in [0.15, 0.2) is 50.4 Å². The van der Waals surface area contributed by atoms with Gasteiger partial charge in [0.2, 0.25) is 21.7 Å². The maximum absolute atomic E-state index is 12.7. The van der Waals surface area contributed by atoms with E-state index in [0.29, 0.717) is 36.3 Å². The summed E-state index contributed by atoms with van der Waals surface area (Å²) in [6.45, 7) is 2.41. The van der Waals surface area contributed by atoms with Crippen molar-refractivity contribution in [3.8, 4) is 17.3 Å². The first kappa shape index (κ1) is 16.8. The second kappa shape index (κ2) is 6.26. The molecule has 8 nitrogen and oxygen atoms in total. The minimum absolute atomic E-state index is 0.125. The number of furan rings is 1. The van der Waals surface area contributed by atoms with E-state index in [-0.39, 0.29) is 10.8 Å². The summed E-state index contributed by atoms with van der Waals surface area (Å²) in [7, 11) is -2.00. The van der Waals surface area contributed by atoms with Gasteiger partial charge in [-0.05, 0) is 42.8 Å². The molecule has 136 valence electrons. The molecule has 0 unspecified atom stereocenters. The summed E-state index contributed by atoms with van der Waals surface area (Å²) < 4.78 is 42.5. The first-order valence-corrected chi connectivity index (χ1v) is 9.45. The minimum atomic E-state index is -3.56. The standard InChI is InChI=1S/C17H17N3O5S/c1-11-8-13(5-6-14(11)23-2)26(21,22)20-9-12(10-20)17-18-16(19-25-17)15-4-3-7-24-15/h3-8,12H,9-10H2,1-2H3. The summed E-state index contributed by atoms with van der Waals surface area (Å²) in [6, 6.07) is 8.30. The summed E-state index contributed by atoms with van der Waals surface area (Å²) in [6.07, 6.45) is 1.53. The molecule has 0 atom stereocenters. The van der Waals surface area contributed by atoms with Crippen LogP contribution in [0.4, 0.5) is 0 Å². The van der Waals surface area contributed by atoms with Crippen molar-refractivity contribution in [1.29, 1.82) is 0 Å². The number of aryl methyl sites for hydroxylation is 1. The van der Waals surface area contributed by atoms with Gasteiger partial charge in [0.15, 0.2) is 5.76 Å². The molecule has 26 heavy (non-hydrogen) atoms. The highest BCUT2D eigenvalue weighted by Crippen LogP contribution is 2.33. The van der Waals surface area contributed by atoms with Crippen LogP contribution in [0, 0.1) is 6.92 Å². The Morgan fingerprint density at radius 1 is 1.27 bits per heavy atom. The van der Waals surface area contributed by atoms with Crippen molar-refractivity contribution in [1.82, 2.24) is 14.4 Å². The monoisotopic (exact) mass is 375 g/mol. The third-order valence-corrected chi connectivity index (χ3v) is 6.21. The van der Waals surface area contributed by atoms with Crippen LogP contribution in [-0.4, -0.2) is 43.1 Å². The first-order valence-electron chi connectivity index (χ1n) is 8.01. The summed E-state index contributed by atoms with van der Waals surface area (Å²) in [5.41, 5.74) is 0.769. The molecule has 1 saturated heterocycles. The van der Waals surface area contributed by atoms with Gasteiger partial charge in [0.1, 0.15) is 5.75 Å². The fourth-order valence-corrected chi connectivity index (χ4v) is 4.47. The van der Waals surface area contributed by atoms with Crippen LogP contribution in [-0.2, 0) is 10.0 Å². The number of sulfonamides is 1. The number of benzene rings is 1. The Hall–Kier alpha value is -2.65. The molecular weight excluding hydrogens is 358 g/mol. The van der Waals surface area contributed by atoms with Gasteiger partial charge in [0.05, 0.1) is 24.2 Å². The summed E-state index contributed by atoms with van der Waals surface area (Å²) in [5, 5.41) is 3.88. The highest BCUT2D eigenvalue weighted by atomic mass is 32.2. The molecule has 0 N–H and O–H groups in total. The van der Waals surface area contributed by atoms with Gasteiger partial charge in [-0.2, -0.15) is 9.29 Å². The van der Waals surface area contributed by atoms with Crippen LogP contribution in [0.25, 0.3) is 11.6 Å². The molecule has 0 spiro atoms. The molecule has 3 heterocycles. The zero-order chi connectivity index (χ0) is 18.3. The minimum Gasteiger partial charge on any atom is -0.496 e. The fourth-order valence-electron chi connectivity index (χ4n) is 2.86. The van der Waals surface area contributed by atoms with Gasteiger partial charge in [0, 0.05) is 13.1 Å². The fraction of sp³-hybridized carbons (Fsp3) is 0.294. The lowest BCUT2D eigenvalue weighted by molar-refractivity contribution is 0.216. The molecule has 1 aromatic carbocycles. The Bertz CT molecular complexity index is 1020. The van der Waals surface area contributed by atoms with E-state index in [0.717, 1.165) is 5.56 Å². The van der Waals surface area contributed by atoms with Crippen LogP contribution in [0.5, 0.6) is 5.75 Å². The lowest BCUT2D eigenvalue weighted by atomic mass is 10.0. The second-order valence-electron chi connectivity index (χ2n) is 6.08. The number of methoxy groups -OCH3 is 1. The summed E-state index contributed by atoms with van der Waals surface area (Å²) >= 11 is 0. The quantitative estimate of drug-likeness (QED) is 0.675. The molecule has 0 bridgehead atoms. The topological polar surface area (TPSA) is 98.7 Å². The van der Waals surface area contributed by atoms with Crippen molar-refractivity contribution < 1.29 is 22.1 Å². The number of ether oxygens (including phenoxy) is 1. The normalized spacial score (nSPS) is 15.8. The van der Waals surface area contributed by atoms with Crippen molar-refractivity contribution >= 4 is 10.0 Å². The average molecular weight is 375 g/mol. The van der Waals surface area contributed by atoms with E-state index >= 15 is 0 Å². The molecule has 2 aromatic heterocycles. The number of hydrogen-bond donors (Lipinski definition) is 0. The van der Waals surface area contributed by atoms with E-state index in [4.69, 9.17) is 13.7 Å². The van der Waals surface area contributed by atoms with E-state index in [1.165, 1.54) is 10.6 Å². The van der Waals surface area contributed by atoms with Gasteiger partial charge in [-0.25, -0.2) is 8.42 Å². The molecule has 0 aliphatic carbocycles. The van der Waals surface area contributed by atoms with Gasteiger partial charge < -0.3 is 13.7 Å². The van der Waals surface area contributed by atoms with Crippen molar-refractivity contribution in [3.63, 3.8) is 0 Å². The maximum atomic E-state index is 12.7. The zero-order valence-electron chi connectivity index (χ0n) is 14.2. The Kier molecular flexibility index (Phi) is 4.04. The third-order valence-electron chi connectivity index (χ3n) is 4.38. The SMILES string of the molecule is COc1ccc(S(=O)(=O)N2CC(c3nc(-c4ccco4)no3)C2)cc1C. The van der Waals surface area contributed by atoms with Crippen LogP contribution in [0.3, 0.4) is 0 Å². The number of aromatic nitrogens is 2. The lowest BCUT2D eigenvalue weighted by Crippen LogP contribution is -2.48. The van der Waals surface area contributed by atoms with Crippen LogP contribution in [0.1, 0.15) is 17.4 Å². The zero-order valence-corrected chi connectivity index (χ0v) is 15.1. The molecule has 0 saturated carbocycles. The van der Waals surface area contributed by atoms with E-state index in [1.54, 1.807) is 37.4 Å². The van der Waals surface area contributed by atoms with Crippen LogP contribution < -0.4 is 4.74 Å². The van der Waals surface area contributed by atoms with E-state index in [2.05, 4.69) is 10.1 Å². The molecule has 0 amide bonds. The molecule has 4 rings (SSSR count). The van der Waals surface area contributed by atoms with Crippen molar-refractivity contribution in [3.05, 3.63) is 48.0 Å². The van der Waals surface area contributed by atoms with Gasteiger partial charge in [-0.3, -0.25) is 0 Å². The Balaban J connectivity index is 1.48. The largest absolute Gasteiger partial charge is 0.496 e. The van der Waals surface area contributed by atoms with Gasteiger partial charge in [-0.1, -0.05) is 5.16 Å². The number of rotatable bonds is 5. The third kappa shape index (κ3) is 2.78. The molecular formula is C17H17N3O5S. The molecule has 3 aromatic rings. The number of nitrogens with zero attached hydrogens (tertiary/aromatic N) is 3. The van der Waals surface area contributed by atoms with Crippen molar-refractivity contribution in [2.75, 3.05) is 20.2 Å². The number of hydrogen-bond acceptors (Lipinski definition) is 7. The maximum Gasteiger partial charge on any atom is 0.243 e. The smallest absolute Gasteiger partial charge is 0.243 e. The Morgan fingerprint density at radius 2 is 2.08 bits per heavy atom. The Morgan fingerprint density at radius 3 is 2.73 bits per heavy atom. The van der Waals surface area contributed by atoms with E-state index in [9.17, 15) is 8.42 Å². The molecule has 1 fully saturated rings. The molecule has 0 radical (unpaired) electrons. The van der Waals surface area contributed by atoms with Gasteiger partial charge in [0.25, 0.3) is 0 Å². The van der Waals surface area contributed by atoms with E-state index in [1.807, 2.05) is 6.92 Å². The lowest BCUT2D eigenvalue weighted by Gasteiger charge is -2.35. The van der Waals surface area contributed by atoms with Crippen molar-refractivity contribution in [2.45, 2.75) is 17.7 Å². The molecule has 1 aliphatic heterocycles. The second-order valence-corrected chi connectivity index (χ2v) is 8.02. The van der Waals surface area contributed by atoms with Crippen molar-refractivity contribution in [2.24, 2.45) is 0 Å². The predicted molar refractivity (Wildman–Crippen MR) is 91.2 cm³/mol. The average Bonchev–Trinajstić information content (AvgIpc) is 3.24. The highest BCUT2D eigenvalue weighted by Gasteiger charge is 2.40. The predicted octanol–water partition coefficient (Wildman–Crippen LogP) is 2.43. The molecule has 1 aliphatic rings. The summed E-state index contributed by atoms with van der Waals surface area (Å²) in [4.78, 5) is 4.54. The van der Waals surface area contributed by atoms with E-state index < -0.39 is 10.0 Å². The van der Waals surface area contributed by atoms with Crippen LogP contribution >= 0.6 is 0 Å². The Labute approximate surface area is 150 Å². The summed E-state index contributed by atoms with van der Waals surface area (Å²) in [5.74, 6) is 1.81. The van der Waals surface area contributed by atoms with Crippen LogP contribution in [0.2, 0.25) is 0 Å². The highest BCUT2D eigenvalue weighted by molar-refractivity contribution is 7.89. The van der Waals surface area contributed by atoms with Gasteiger partial charge >= 0.3 is 0 Å². The van der Waals surface area contributed by atoms with Gasteiger partial charge in [-0.15, -0.1) is 0 Å². The molecule has 9 heteroatoms.